The van der Waals surface area contributed by atoms with E-state index in [1.54, 1.807) is 0 Å². The topological polar surface area (TPSA) is 54.9 Å². The summed E-state index contributed by atoms with van der Waals surface area (Å²) in [7, 11) is 0. The molecule has 0 aliphatic carbocycles. The van der Waals surface area contributed by atoms with Gasteiger partial charge in [0.1, 0.15) is 17.3 Å². The average Bonchev–Trinajstić information content (AvgIpc) is 2.27. The standard InChI is InChI=1S/C12H18ClN3O/c1-8(2)4-5-9(3)16-12-10(6-17)11(13)14-7-15-12/h6-9H,4-5H2,1-3H3,(H,14,15,16). The van der Waals surface area contributed by atoms with Crippen molar-refractivity contribution in [2.45, 2.75) is 39.7 Å². The monoisotopic (exact) mass is 255 g/mol. The van der Waals surface area contributed by atoms with Gasteiger partial charge in [0.05, 0.1) is 5.56 Å². The van der Waals surface area contributed by atoms with E-state index in [4.69, 9.17) is 11.6 Å². The molecule has 1 heterocycles. The van der Waals surface area contributed by atoms with Crippen molar-refractivity contribution in [3.63, 3.8) is 0 Å². The van der Waals surface area contributed by atoms with Crippen molar-refractivity contribution in [2.24, 2.45) is 5.92 Å². The smallest absolute Gasteiger partial charge is 0.156 e. The van der Waals surface area contributed by atoms with E-state index in [0.29, 0.717) is 23.6 Å². The second-order valence-electron chi connectivity index (χ2n) is 4.56. The number of hydrogen-bond acceptors (Lipinski definition) is 4. The zero-order valence-corrected chi connectivity index (χ0v) is 11.2. The van der Waals surface area contributed by atoms with Gasteiger partial charge < -0.3 is 5.32 Å². The molecule has 0 saturated heterocycles. The number of nitrogens with zero attached hydrogens (tertiary/aromatic N) is 2. The van der Waals surface area contributed by atoms with Gasteiger partial charge in [-0.1, -0.05) is 25.4 Å². The van der Waals surface area contributed by atoms with E-state index in [1.165, 1.54) is 6.33 Å². The molecule has 0 spiro atoms. The first-order chi connectivity index (χ1) is 8.04. The highest BCUT2D eigenvalue weighted by molar-refractivity contribution is 6.32. The lowest BCUT2D eigenvalue weighted by atomic mass is 10.0. The Labute approximate surface area is 107 Å². The lowest BCUT2D eigenvalue weighted by molar-refractivity contribution is 0.112. The molecule has 0 bridgehead atoms. The van der Waals surface area contributed by atoms with Crippen LogP contribution in [0.3, 0.4) is 0 Å². The summed E-state index contributed by atoms with van der Waals surface area (Å²) in [5.74, 6) is 1.18. The Morgan fingerprint density at radius 3 is 2.65 bits per heavy atom. The number of rotatable bonds is 6. The Morgan fingerprint density at radius 2 is 2.06 bits per heavy atom. The molecular weight excluding hydrogens is 238 g/mol. The van der Waals surface area contributed by atoms with Gasteiger partial charge in [0.25, 0.3) is 0 Å². The van der Waals surface area contributed by atoms with Crippen molar-refractivity contribution in [3.8, 4) is 0 Å². The van der Waals surface area contributed by atoms with Crippen LogP contribution in [0.1, 0.15) is 44.0 Å². The molecule has 0 aliphatic heterocycles. The molecule has 4 nitrogen and oxygen atoms in total. The first kappa shape index (κ1) is 13.9. The molecule has 1 N–H and O–H groups in total. The van der Waals surface area contributed by atoms with Crippen LogP contribution in [-0.4, -0.2) is 22.3 Å². The molecule has 0 saturated carbocycles. The van der Waals surface area contributed by atoms with E-state index in [1.807, 2.05) is 0 Å². The Bertz CT molecular complexity index is 382. The summed E-state index contributed by atoms with van der Waals surface area (Å²) in [6, 6.07) is 0.252. The molecular formula is C12H18ClN3O. The number of hydrogen-bond donors (Lipinski definition) is 1. The van der Waals surface area contributed by atoms with E-state index in [2.05, 4.69) is 36.1 Å². The van der Waals surface area contributed by atoms with Crippen molar-refractivity contribution in [2.75, 3.05) is 5.32 Å². The van der Waals surface area contributed by atoms with Gasteiger partial charge in [-0.15, -0.1) is 0 Å². The number of carbonyl (C=O) groups is 1. The minimum atomic E-state index is 0.188. The molecule has 0 amide bonds. The lowest BCUT2D eigenvalue weighted by Gasteiger charge is -2.16. The van der Waals surface area contributed by atoms with E-state index < -0.39 is 0 Å². The number of halogens is 1. The van der Waals surface area contributed by atoms with Crippen molar-refractivity contribution in [3.05, 3.63) is 17.0 Å². The van der Waals surface area contributed by atoms with E-state index in [-0.39, 0.29) is 11.2 Å². The Morgan fingerprint density at radius 1 is 1.35 bits per heavy atom. The molecule has 1 aromatic heterocycles. The summed E-state index contributed by atoms with van der Waals surface area (Å²) in [6.45, 7) is 6.43. The molecule has 0 radical (unpaired) electrons. The Kier molecular flexibility index (Phi) is 5.35. The summed E-state index contributed by atoms with van der Waals surface area (Å²) in [4.78, 5) is 18.7. The normalized spacial score (nSPS) is 12.5. The van der Waals surface area contributed by atoms with Crippen molar-refractivity contribution in [1.82, 2.24) is 9.97 Å². The third kappa shape index (κ3) is 4.30. The van der Waals surface area contributed by atoms with Crippen LogP contribution in [0.25, 0.3) is 0 Å². The van der Waals surface area contributed by atoms with E-state index in [0.717, 1.165) is 12.8 Å². The van der Waals surface area contributed by atoms with Crippen LogP contribution in [0.2, 0.25) is 5.15 Å². The summed E-state index contributed by atoms with van der Waals surface area (Å²) in [6.07, 6.45) is 4.19. The second-order valence-corrected chi connectivity index (χ2v) is 4.92. The van der Waals surface area contributed by atoms with E-state index in [9.17, 15) is 4.79 Å². The fraction of sp³-hybridized carbons (Fsp3) is 0.583. The van der Waals surface area contributed by atoms with Gasteiger partial charge in [-0.05, 0) is 25.7 Å². The van der Waals surface area contributed by atoms with Gasteiger partial charge in [0, 0.05) is 6.04 Å². The molecule has 0 fully saturated rings. The predicted octanol–water partition coefficient (Wildman–Crippen LogP) is 3.18. The van der Waals surface area contributed by atoms with Crippen LogP contribution in [-0.2, 0) is 0 Å². The fourth-order valence-corrected chi connectivity index (χ4v) is 1.66. The number of aromatic nitrogens is 2. The zero-order valence-electron chi connectivity index (χ0n) is 10.4. The number of nitrogens with one attached hydrogen (secondary N) is 1. The summed E-state index contributed by atoms with van der Waals surface area (Å²) in [5, 5.41) is 3.38. The average molecular weight is 256 g/mol. The lowest BCUT2D eigenvalue weighted by Crippen LogP contribution is -2.18. The van der Waals surface area contributed by atoms with Crippen molar-refractivity contribution >= 4 is 23.7 Å². The predicted molar refractivity (Wildman–Crippen MR) is 69.6 cm³/mol. The van der Waals surface area contributed by atoms with Gasteiger partial charge >= 0.3 is 0 Å². The Hall–Kier alpha value is -1.16. The third-order valence-electron chi connectivity index (χ3n) is 2.51. The highest BCUT2D eigenvalue weighted by atomic mass is 35.5. The highest BCUT2D eigenvalue weighted by Gasteiger charge is 2.11. The summed E-state index contributed by atoms with van der Waals surface area (Å²) in [5.41, 5.74) is 0.325. The molecule has 17 heavy (non-hydrogen) atoms. The maximum absolute atomic E-state index is 10.9. The molecule has 1 rings (SSSR count). The minimum absolute atomic E-state index is 0.188. The van der Waals surface area contributed by atoms with Crippen molar-refractivity contribution in [1.29, 1.82) is 0 Å². The highest BCUT2D eigenvalue weighted by Crippen LogP contribution is 2.19. The van der Waals surface area contributed by atoms with Crippen molar-refractivity contribution < 1.29 is 4.79 Å². The van der Waals surface area contributed by atoms with Gasteiger partial charge in [0.15, 0.2) is 6.29 Å². The van der Waals surface area contributed by atoms with Gasteiger partial charge in [-0.3, -0.25) is 4.79 Å². The molecule has 1 aromatic rings. The Balaban J connectivity index is 2.67. The molecule has 1 atom stereocenters. The van der Waals surface area contributed by atoms with Crippen LogP contribution >= 0.6 is 11.6 Å². The maximum Gasteiger partial charge on any atom is 0.156 e. The van der Waals surface area contributed by atoms with Crippen LogP contribution in [0.4, 0.5) is 5.82 Å². The molecule has 0 aromatic carbocycles. The van der Waals surface area contributed by atoms with Crippen LogP contribution in [0.5, 0.6) is 0 Å². The van der Waals surface area contributed by atoms with Crippen LogP contribution in [0, 0.1) is 5.92 Å². The third-order valence-corrected chi connectivity index (χ3v) is 2.81. The molecule has 94 valence electrons. The number of aldehydes is 1. The fourth-order valence-electron chi connectivity index (χ4n) is 1.48. The summed E-state index contributed by atoms with van der Waals surface area (Å²) < 4.78 is 0. The number of anilines is 1. The molecule has 1 unspecified atom stereocenters. The quantitative estimate of drug-likeness (QED) is 0.627. The first-order valence-electron chi connectivity index (χ1n) is 5.76. The number of carbonyl (C=O) groups excluding carboxylic acids is 1. The van der Waals surface area contributed by atoms with Crippen LogP contribution < -0.4 is 5.32 Å². The van der Waals surface area contributed by atoms with Crippen LogP contribution in [0.15, 0.2) is 6.33 Å². The second kappa shape index (κ2) is 6.55. The zero-order chi connectivity index (χ0) is 12.8. The van der Waals surface area contributed by atoms with E-state index >= 15 is 0 Å². The maximum atomic E-state index is 10.9. The summed E-state index contributed by atoms with van der Waals surface area (Å²) >= 11 is 5.82. The molecule has 0 aliphatic rings. The van der Waals surface area contributed by atoms with Gasteiger partial charge in [-0.25, -0.2) is 9.97 Å². The van der Waals surface area contributed by atoms with Gasteiger partial charge in [0.2, 0.25) is 0 Å². The first-order valence-corrected chi connectivity index (χ1v) is 6.14. The largest absolute Gasteiger partial charge is 0.367 e. The molecule has 5 heteroatoms. The SMILES string of the molecule is CC(C)CCC(C)Nc1ncnc(Cl)c1C=O. The minimum Gasteiger partial charge on any atom is -0.367 e. The van der Waals surface area contributed by atoms with Gasteiger partial charge in [-0.2, -0.15) is 0 Å².